The number of ether oxygens (including phenoxy) is 1. The standard InChI is InChI=1S/C19H25O4P/c1-3-17(15-24(20,21)23-4-2)18-11-8-12-19(13-18)22-14-16-9-6-5-7-10-16/h5-13,17H,3-4,14-15H2,1-2H3,(H,20,21)/t17-/m1/s1. The highest BCUT2D eigenvalue weighted by molar-refractivity contribution is 7.52. The van der Waals surface area contributed by atoms with E-state index in [-0.39, 0.29) is 18.7 Å². The van der Waals surface area contributed by atoms with Gasteiger partial charge in [-0.1, -0.05) is 49.4 Å². The fraction of sp³-hybridized carbons (Fsp3) is 0.368. The highest BCUT2D eigenvalue weighted by Gasteiger charge is 2.25. The third-order valence-corrected chi connectivity index (χ3v) is 5.42. The lowest BCUT2D eigenvalue weighted by Crippen LogP contribution is -2.06. The van der Waals surface area contributed by atoms with E-state index in [1.807, 2.05) is 61.5 Å². The van der Waals surface area contributed by atoms with Gasteiger partial charge in [0.05, 0.1) is 12.8 Å². The van der Waals surface area contributed by atoms with E-state index in [0.29, 0.717) is 6.61 Å². The van der Waals surface area contributed by atoms with Crippen LogP contribution in [0.1, 0.15) is 37.3 Å². The van der Waals surface area contributed by atoms with Gasteiger partial charge in [-0.15, -0.1) is 0 Å². The van der Waals surface area contributed by atoms with Gasteiger partial charge in [-0.25, -0.2) is 0 Å². The van der Waals surface area contributed by atoms with Crippen molar-refractivity contribution in [2.75, 3.05) is 12.8 Å². The van der Waals surface area contributed by atoms with Gasteiger partial charge in [-0.05, 0) is 42.5 Å². The second-order valence-electron chi connectivity index (χ2n) is 5.69. The van der Waals surface area contributed by atoms with Gasteiger partial charge in [0, 0.05) is 0 Å². The van der Waals surface area contributed by atoms with Crippen LogP contribution in [-0.4, -0.2) is 17.7 Å². The van der Waals surface area contributed by atoms with Gasteiger partial charge in [0.25, 0.3) is 0 Å². The Balaban J connectivity index is 2.06. The lowest BCUT2D eigenvalue weighted by Gasteiger charge is -2.19. The summed E-state index contributed by atoms with van der Waals surface area (Å²) in [5.74, 6) is 0.728. The molecule has 0 heterocycles. The summed E-state index contributed by atoms with van der Waals surface area (Å²) in [6, 6.07) is 17.7. The maximum atomic E-state index is 12.1. The van der Waals surface area contributed by atoms with Gasteiger partial charge in [0.2, 0.25) is 0 Å². The molecule has 1 unspecified atom stereocenters. The van der Waals surface area contributed by atoms with Crippen LogP contribution in [0.2, 0.25) is 0 Å². The van der Waals surface area contributed by atoms with Crippen LogP contribution >= 0.6 is 7.60 Å². The molecule has 0 radical (unpaired) electrons. The largest absolute Gasteiger partial charge is 0.489 e. The zero-order valence-corrected chi connectivity index (χ0v) is 15.1. The van der Waals surface area contributed by atoms with E-state index >= 15 is 0 Å². The summed E-state index contributed by atoms with van der Waals surface area (Å²) in [6.45, 7) is 4.47. The molecular weight excluding hydrogens is 323 g/mol. The van der Waals surface area contributed by atoms with Crippen molar-refractivity contribution < 1.29 is 18.7 Å². The minimum Gasteiger partial charge on any atom is -0.489 e. The maximum absolute atomic E-state index is 12.1. The normalized spacial score (nSPS) is 14.8. The second kappa shape index (κ2) is 9.03. The van der Waals surface area contributed by atoms with Crippen molar-refractivity contribution in [2.45, 2.75) is 32.8 Å². The fourth-order valence-corrected chi connectivity index (χ4v) is 4.14. The predicted molar refractivity (Wildman–Crippen MR) is 96.6 cm³/mol. The molecule has 24 heavy (non-hydrogen) atoms. The van der Waals surface area contributed by atoms with Crippen LogP contribution in [0.3, 0.4) is 0 Å². The number of benzene rings is 2. The van der Waals surface area contributed by atoms with Gasteiger partial charge in [0.1, 0.15) is 12.4 Å². The molecule has 0 aliphatic heterocycles. The maximum Gasteiger partial charge on any atom is 0.328 e. The minimum absolute atomic E-state index is 0.0346. The van der Waals surface area contributed by atoms with Crippen LogP contribution in [0, 0.1) is 0 Å². The van der Waals surface area contributed by atoms with E-state index < -0.39 is 7.60 Å². The molecule has 2 atom stereocenters. The molecule has 0 spiro atoms. The fourth-order valence-electron chi connectivity index (χ4n) is 2.60. The Hall–Kier alpha value is -1.61. The van der Waals surface area contributed by atoms with Crippen LogP contribution in [0.15, 0.2) is 54.6 Å². The Kier molecular flexibility index (Phi) is 7.04. The average Bonchev–Trinajstić information content (AvgIpc) is 2.59. The summed E-state index contributed by atoms with van der Waals surface area (Å²) >= 11 is 0. The molecule has 0 aliphatic rings. The Bertz CT molecular complexity index is 672. The second-order valence-corrected chi connectivity index (χ2v) is 7.59. The van der Waals surface area contributed by atoms with Crippen molar-refractivity contribution >= 4 is 7.60 Å². The first-order valence-corrected chi connectivity index (χ1v) is 10.0. The molecule has 0 aromatic heterocycles. The van der Waals surface area contributed by atoms with E-state index in [9.17, 15) is 9.46 Å². The topological polar surface area (TPSA) is 55.8 Å². The zero-order chi connectivity index (χ0) is 17.4. The number of hydrogen-bond acceptors (Lipinski definition) is 3. The van der Waals surface area contributed by atoms with Crippen molar-refractivity contribution in [3.05, 3.63) is 65.7 Å². The molecule has 0 saturated carbocycles. The first-order valence-electron chi connectivity index (χ1n) is 8.27. The van der Waals surface area contributed by atoms with E-state index in [4.69, 9.17) is 9.26 Å². The molecule has 2 aromatic carbocycles. The summed E-state index contributed by atoms with van der Waals surface area (Å²) in [6.07, 6.45) is 0.888. The van der Waals surface area contributed by atoms with Gasteiger partial charge in [-0.2, -0.15) is 0 Å². The number of rotatable bonds is 9. The Morgan fingerprint density at radius 3 is 2.50 bits per heavy atom. The molecule has 0 fully saturated rings. The smallest absolute Gasteiger partial charge is 0.328 e. The predicted octanol–water partition coefficient (Wildman–Crippen LogP) is 4.98. The molecule has 4 nitrogen and oxygen atoms in total. The van der Waals surface area contributed by atoms with Gasteiger partial charge < -0.3 is 14.2 Å². The molecule has 1 N–H and O–H groups in total. The van der Waals surface area contributed by atoms with Crippen molar-refractivity contribution in [1.82, 2.24) is 0 Å². The Morgan fingerprint density at radius 1 is 1.08 bits per heavy atom. The first kappa shape index (κ1) is 18.7. The third-order valence-electron chi connectivity index (χ3n) is 3.85. The van der Waals surface area contributed by atoms with Crippen LogP contribution < -0.4 is 4.74 Å². The molecular formula is C19H25O4P. The van der Waals surface area contributed by atoms with Crippen molar-refractivity contribution in [2.24, 2.45) is 0 Å². The van der Waals surface area contributed by atoms with Gasteiger partial charge in [-0.3, -0.25) is 4.57 Å². The van der Waals surface area contributed by atoms with Gasteiger partial charge in [0.15, 0.2) is 0 Å². The van der Waals surface area contributed by atoms with Crippen LogP contribution in [0.5, 0.6) is 5.75 Å². The quantitative estimate of drug-likeness (QED) is 0.649. The third kappa shape index (κ3) is 5.79. The van der Waals surface area contributed by atoms with Crippen molar-refractivity contribution in [3.63, 3.8) is 0 Å². The monoisotopic (exact) mass is 348 g/mol. The minimum atomic E-state index is -3.55. The zero-order valence-electron chi connectivity index (χ0n) is 14.2. The molecule has 2 aromatic rings. The van der Waals surface area contributed by atoms with Crippen molar-refractivity contribution in [3.8, 4) is 5.75 Å². The molecule has 2 rings (SSSR count). The summed E-state index contributed by atoms with van der Waals surface area (Å²) in [7, 11) is -3.55. The molecule has 0 bridgehead atoms. The molecule has 130 valence electrons. The van der Waals surface area contributed by atoms with Crippen LogP contribution in [0.25, 0.3) is 0 Å². The van der Waals surface area contributed by atoms with E-state index in [1.54, 1.807) is 6.92 Å². The van der Waals surface area contributed by atoms with E-state index in [2.05, 4.69) is 0 Å². The van der Waals surface area contributed by atoms with Crippen molar-refractivity contribution in [1.29, 1.82) is 0 Å². The summed E-state index contributed by atoms with van der Waals surface area (Å²) in [4.78, 5) is 9.90. The molecule has 0 saturated heterocycles. The molecule has 5 heteroatoms. The molecule has 0 aliphatic carbocycles. The van der Waals surface area contributed by atoms with E-state index in [1.165, 1.54) is 0 Å². The lowest BCUT2D eigenvalue weighted by atomic mass is 9.98. The summed E-state index contributed by atoms with van der Waals surface area (Å²) in [5.41, 5.74) is 2.10. The van der Waals surface area contributed by atoms with Crippen LogP contribution in [0.4, 0.5) is 0 Å². The average molecular weight is 348 g/mol. The van der Waals surface area contributed by atoms with Crippen LogP contribution in [-0.2, 0) is 15.7 Å². The molecule has 0 amide bonds. The SMILES string of the molecule is CCOP(=O)(O)C[C@@H](CC)c1cccc(OCc2ccccc2)c1. The highest BCUT2D eigenvalue weighted by atomic mass is 31.2. The summed E-state index contributed by atoms with van der Waals surface area (Å²) in [5, 5.41) is 0. The van der Waals surface area contributed by atoms with E-state index in [0.717, 1.165) is 23.3 Å². The number of hydrogen-bond donors (Lipinski definition) is 1. The highest BCUT2D eigenvalue weighted by Crippen LogP contribution is 2.46. The van der Waals surface area contributed by atoms with Gasteiger partial charge >= 0.3 is 7.60 Å². The summed E-state index contributed by atoms with van der Waals surface area (Å²) < 4.78 is 22.9. The Morgan fingerprint density at radius 2 is 1.83 bits per heavy atom. The Labute approximate surface area is 144 Å². The lowest BCUT2D eigenvalue weighted by molar-refractivity contribution is 0.271. The first-order chi connectivity index (χ1) is 11.5.